The van der Waals surface area contributed by atoms with Gasteiger partial charge in [-0.15, -0.1) is 0 Å². The van der Waals surface area contributed by atoms with E-state index in [9.17, 15) is 0 Å². The van der Waals surface area contributed by atoms with Crippen LogP contribution in [0.15, 0.2) is 201 Å². The summed E-state index contributed by atoms with van der Waals surface area (Å²) in [4.78, 5) is 23.9. The Morgan fingerprint density at radius 3 is 1.13 bits per heavy atom. The van der Waals surface area contributed by atoms with Gasteiger partial charge in [-0.1, -0.05) is 146 Å². The van der Waals surface area contributed by atoms with E-state index in [1.807, 2.05) is 97.3 Å². The zero-order valence-electron chi connectivity index (χ0n) is 29.3. The molecule has 0 aliphatic rings. The topological polar surface area (TPSA) is 64.5 Å². The largest absolute Gasteiger partial charge is 0.264 e. The molecule has 9 rings (SSSR count). The van der Waals surface area contributed by atoms with Crippen molar-refractivity contribution in [3.8, 4) is 89.9 Å². The van der Waals surface area contributed by atoms with E-state index in [2.05, 4.69) is 107 Å². The Morgan fingerprint density at radius 1 is 0.259 bits per heavy atom. The molecule has 0 saturated heterocycles. The van der Waals surface area contributed by atoms with Crippen LogP contribution < -0.4 is 0 Å². The minimum Gasteiger partial charge on any atom is -0.264 e. The number of pyridine rings is 2. The Bertz CT molecular complexity index is 2590. The van der Waals surface area contributed by atoms with Crippen molar-refractivity contribution in [2.75, 3.05) is 0 Å². The summed E-state index contributed by atoms with van der Waals surface area (Å²) in [7, 11) is 0. The fraction of sp³-hybridized carbons (Fsp3) is 0. The third-order valence-corrected chi connectivity index (χ3v) is 9.50. The first-order valence-corrected chi connectivity index (χ1v) is 17.9. The molecule has 0 unspecified atom stereocenters. The zero-order chi connectivity index (χ0) is 36.1. The highest BCUT2D eigenvalue weighted by Gasteiger charge is 2.15. The van der Waals surface area contributed by atoms with Crippen LogP contribution >= 0.6 is 0 Å². The first-order chi connectivity index (χ1) is 26.7. The SMILES string of the molecule is c1ccc(-c2nc(-c3ccccc3)nc(-c3cc(-c4ccc(-c5ccc(-c6cccnc6)cc5)cc4)cc(-c4ccc(-c5ccccn5)cc4)c3)n2)cc1. The van der Waals surface area contributed by atoms with Crippen LogP contribution in [0.25, 0.3) is 89.9 Å². The summed E-state index contributed by atoms with van der Waals surface area (Å²) in [5.41, 5.74) is 13.6. The fourth-order valence-corrected chi connectivity index (χ4v) is 6.64. The van der Waals surface area contributed by atoms with E-state index in [0.717, 1.165) is 72.5 Å². The number of benzene rings is 6. The maximum absolute atomic E-state index is 5.07. The lowest BCUT2D eigenvalue weighted by Crippen LogP contribution is -2.00. The van der Waals surface area contributed by atoms with E-state index in [1.165, 1.54) is 0 Å². The molecule has 0 saturated carbocycles. The molecule has 254 valence electrons. The third kappa shape index (κ3) is 6.94. The number of nitrogens with zero attached hydrogens (tertiary/aromatic N) is 5. The van der Waals surface area contributed by atoms with Gasteiger partial charge in [0.1, 0.15) is 0 Å². The van der Waals surface area contributed by atoms with Gasteiger partial charge in [0.15, 0.2) is 17.5 Å². The second-order valence-corrected chi connectivity index (χ2v) is 13.0. The predicted octanol–water partition coefficient (Wildman–Crippen LogP) is 12.0. The monoisotopic (exact) mass is 691 g/mol. The van der Waals surface area contributed by atoms with Crippen molar-refractivity contribution in [3.05, 3.63) is 201 Å². The summed E-state index contributed by atoms with van der Waals surface area (Å²) in [5, 5.41) is 0. The van der Waals surface area contributed by atoms with Crippen LogP contribution in [-0.4, -0.2) is 24.9 Å². The molecule has 0 bridgehead atoms. The molecule has 0 aliphatic heterocycles. The molecule has 0 radical (unpaired) electrons. The van der Waals surface area contributed by atoms with E-state index in [1.54, 1.807) is 6.20 Å². The number of hydrogen-bond donors (Lipinski definition) is 0. The van der Waals surface area contributed by atoms with Gasteiger partial charge in [-0.05, 0) is 80.9 Å². The summed E-state index contributed by atoms with van der Waals surface area (Å²) in [6, 6.07) is 62.7. The summed E-state index contributed by atoms with van der Waals surface area (Å²) in [6.45, 7) is 0. The number of aromatic nitrogens is 5. The highest BCUT2D eigenvalue weighted by molar-refractivity contribution is 5.82. The Balaban J connectivity index is 1.14. The normalized spacial score (nSPS) is 11.0. The molecule has 6 aromatic carbocycles. The van der Waals surface area contributed by atoms with E-state index in [0.29, 0.717) is 17.5 Å². The van der Waals surface area contributed by atoms with E-state index < -0.39 is 0 Å². The molecule has 3 aromatic heterocycles. The molecule has 5 nitrogen and oxygen atoms in total. The van der Waals surface area contributed by atoms with Crippen LogP contribution in [0.1, 0.15) is 0 Å². The summed E-state index contributed by atoms with van der Waals surface area (Å²) in [6.07, 6.45) is 5.51. The molecule has 54 heavy (non-hydrogen) atoms. The van der Waals surface area contributed by atoms with Gasteiger partial charge in [0, 0.05) is 40.8 Å². The van der Waals surface area contributed by atoms with Gasteiger partial charge in [-0.2, -0.15) is 0 Å². The predicted molar refractivity (Wildman–Crippen MR) is 219 cm³/mol. The van der Waals surface area contributed by atoms with Gasteiger partial charge in [0.2, 0.25) is 0 Å². The molecule has 0 N–H and O–H groups in total. The molecular formula is C49H33N5. The van der Waals surface area contributed by atoms with Gasteiger partial charge in [-0.25, -0.2) is 15.0 Å². The minimum absolute atomic E-state index is 0.612. The van der Waals surface area contributed by atoms with Crippen LogP contribution in [0, 0.1) is 0 Å². The van der Waals surface area contributed by atoms with Crippen LogP contribution in [0.2, 0.25) is 0 Å². The van der Waals surface area contributed by atoms with Crippen molar-refractivity contribution in [2.45, 2.75) is 0 Å². The van der Waals surface area contributed by atoms with Gasteiger partial charge >= 0.3 is 0 Å². The Kier molecular flexibility index (Phi) is 8.86. The first kappa shape index (κ1) is 32.5. The summed E-state index contributed by atoms with van der Waals surface area (Å²) >= 11 is 0. The van der Waals surface area contributed by atoms with Gasteiger partial charge < -0.3 is 0 Å². The van der Waals surface area contributed by atoms with Crippen molar-refractivity contribution in [3.63, 3.8) is 0 Å². The quantitative estimate of drug-likeness (QED) is 0.159. The molecule has 5 heteroatoms. The highest BCUT2D eigenvalue weighted by Crippen LogP contribution is 2.35. The Morgan fingerprint density at radius 2 is 0.667 bits per heavy atom. The van der Waals surface area contributed by atoms with Crippen molar-refractivity contribution in [1.29, 1.82) is 0 Å². The van der Waals surface area contributed by atoms with Gasteiger partial charge in [-0.3, -0.25) is 9.97 Å². The van der Waals surface area contributed by atoms with E-state index in [4.69, 9.17) is 15.0 Å². The number of hydrogen-bond acceptors (Lipinski definition) is 5. The molecule has 0 aliphatic carbocycles. The Labute approximate surface area is 314 Å². The third-order valence-electron chi connectivity index (χ3n) is 9.50. The Hall–Kier alpha value is -7.37. The smallest absolute Gasteiger partial charge is 0.164 e. The lowest BCUT2D eigenvalue weighted by Gasteiger charge is -2.13. The maximum Gasteiger partial charge on any atom is 0.164 e. The van der Waals surface area contributed by atoms with Crippen molar-refractivity contribution < 1.29 is 0 Å². The molecular weight excluding hydrogens is 659 g/mol. The van der Waals surface area contributed by atoms with E-state index >= 15 is 0 Å². The lowest BCUT2D eigenvalue weighted by atomic mass is 9.94. The second kappa shape index (κ2) is 14.7. The van der Waals surface area contributed by atoms with Gasteiger partial charge in [0.25, 0.3) is 0 Å². The van der Waals surface area contributed by atoms with Crippen LogP contribution in [0.3, 0.4) is 0 Å². The maximum atomic E-state index is 5.07. The second-order valence-electron chi connectivity index (χ2n) is 13.0. The average molecular weight is 692 g/mol. The number of rotatable bonds is 8. The molecule has 9 aromatic rings. The average Bonchev–Trinajstić information content (AvgIpc) is 3.27. The molecule has 0 atom stereocenters. The van der Waals surface area contributed by atoms with Crippen molar-refractivity contribution in [1.82, 2.24) is 24.9 Å². The van der Waals surface area contributed by atoms with Crippen LogP contribution in [0.5, 0.6) is 0 Å². The van der Waals surface area contributed by atoms with Gasteiger partial charge in [0.05, 0.1) is 5.69 Å². The fourth-order valence-electron chi connectivity index (χ4n) is 6.64. The standard InChI is InChI=1S/C49H33N5/c1-3-10-40(11-4-1)47-52-48(41-12-5-2-6-13-41)54-49(53-47)45-31-43(30-44(32-45)38-24-26-39(27-25-38)46-15-7-8-29-51-46)37-22-18-35(19-23-37)34-16-20-36(21-17-34)42-14-9-28-50-33-42/h1-33H. The van der Waals surface area contributed by atoms with E-state index in [-0.39, 0.29) is 0 Å². The lowest BCUT2D eigenvalue weighted by molar-refractivity contribution is 1.07. The van der Waals surface area contributed by atoms with Crippen LogP contribution in [0.4, 0.5) is 0 Å². The van der Waals surface area contributed by atoms with Crippen LogP contribution in [-0.2, 0) is 0 Å². The molecule has 0 fully saturated rings. The zero-order valence-corrected chi connectivity index (χ0v) is 29.3. The molecule has 0 spiro atoms. The summed E-state index contributed by atoms with van der Waals surface area (Å²) in [5.74, 6) is 1.87. The molecule has 3 heterocycles. The van der Waals surface area contributed by atoms with Crippen molar-refractivity contribution >= 4 is 0 Å². The molecule has 0 amide bonds. The highest BCUT2D eigenvalue weighted by atomic mass is 15.0. The van der Waals surface area contributed by atoms with Crippen molar-refractivity contribution in [2.24, 2.45) is 0 Å². The summed E-state index contributed by atoms with van der Waals surface area (Å²) < 4.78 is 0. The minimum atomic E-state index is 0.612. The first-order valence-electron chi connectivity index (χ1n) is 17.9.